The van der Waals surface area contributed by atoms with Crippen molar-refractivity contribution < 1.29 is 9.90 Å². The Kier molecular flexibility index (Phi) is 2.50. The maximum Gasteiger partial charge on any atom is 0.312 e. The first-order valence-corrected chi connectivity index (χ1v) is 5.36. The first-order valence-electron chi connectivity index (χ1n) is 5.36. The normalized spacial score (nSPS) is 22.1. The van der Waals surface area contributed by atoms with Crippen LogP contribution in [0.2, 0.25) is 0 Å². The molecule has 0 radical (unpaired) electrons. The summed E-state index contributed by atoms with van der Waals surface area (Å²) in [5.74, 6) is -0.621. The van der Waals surface area contributed by atoms with E-state index in [9.17, 15) is 4.79 Å². The van der Waals surface area contributed by atoms with Gasteiger partial charge in [0.15, 0.2) is 0 Å². The van der Waals surface area contributed by atoms with Crippen molar-refractivity contribution >= 4 is 5.97 Å². The molecule has 1 aromatic rings. The van der Waals surface area contributed by atoms with Gasteiger partial charge in [-0.3, -0.25) is 4.79 Å². The summed E-state index contributed by atoms with van der Waals surface area (Å²) in [4.78, 5) is 15.1. The Morgan fingerprint density at radius 2 is 2.47 bits per heavy atom. The lowest BCUT2D eigenvalue weighted by molar-refractivity contribution is -0.138. The highest BCUT2D eigenvalue weighted by Crippen LogP contribution is 2.26. The van der Waals surface area contributed by atoms with Crippen LogP contribution in [0.5, 0.6) is 0 Å². The number of carboxylic acid groups (broad SMARTS) is 1. The van der Waals surface area contributed by atoms with Gasteiger partial charge in [-0.1, -0.05) is 6.92 Å². The third-order valence-corrected chi connectivity index (χ3v) is 3.14. The number of hydrogen-bond acceptors (Lipinski definition) is 2. The Hall–Kier alpha value is -1.32. The highest BCUT2D eigenvalue weighted by molar-refractivity contribution is 5.75. The Balaban J connectivity index is 2.32. The van der Waals surface area contributed by atoms with Crippen molar-refractivity contribution in [3.63, 3.8) is 0 Å². The van der Waals surface area contributed by atoms with Crippen molar-refractivity contribution in [1.82, 2.24) is 9.55 Å². The molecule has 1 aliphatic heterocycles. The first kappa shape index (κ1) is 10.2. The molecule has 0 amide bonds. The third-order valence-electron chi connectivity index (χ3n) is 3.14. The van der Waals surface area contributed by atoms with Crippen LogP contribution in [-0.2, 0) is 17.8 Å². The molecule has 82 valence electrons. The van der Waals surface area contributed by atoms with E-state index in [2.05, 4.69) is 16.5 Å². The second-order valence-corrected chi connectivity index (χ2v) is 4.43. The van der Waals surface area contributed by atoms with Crippen LogP contribution in [-0.4, -0.2) is 20.6 Å². The van der Waals surface area contributed by atoms with E-state index in [4.69, 9.17) is 5.11 Å². The van der Waals surface area contributed by atoms with E-state index in [0.717, 1.165) is 30.8 Å². The summed E-state index contributed by atoms with van der Waals surface area (Å²) in [5, 5.41) is 8.96. The van der Waals surface area contributed by atoms with E-state index in [-0.39, 0.29) is 0 Å². The quantitative estimate of drug-likeness (QED) is 0.804. The van der Waals surface area contributed by atoms with Gasteiger partial charge in [0.25, 0.3) is 0 Å². The molecule has 15 heavy (non-hydrogen) atoms. The van der Waals surface area contributed by atoms with Crippen LogP contribution in [0.3, 0.4) is 0 Å². The monoisotopic (exact) mass is 208 g/mol. The summed E-state index contributed by atoms with van der Waals surface area (Å²) in [6, 6.07) is 0. The van der Waals surface area contributed by atoms with E-state index in [0.29, 0.717) is 5.92 Å². The van der Waals surface area contributed by atoms with Gasteiger partial charge in [-0.05, 0) is 25.7 Å². The zero-order chi connectivity index (χ0) is 11.0. The van der Waals surface area contributed by atoms with Gasteiger partial charge in [0.05, 0.1) is 17.9 Å². The van der Waals surface area contributed by atoms with Crippen LogP contribution >= 0.6 is 0 Å². The molecular formula is C11H16N2O2. The molecular weight excluding hydrogens is 192 g/mol. The van der Waals surface area contributed by atoms with E-state index in [1.165, 1.54) is 0 Å². The molecule has 1 N–H and O–H groups in total. The number of carbonyl (C=O) groups is 1. The Morgan fingerprint density at radius 1 is 1.73 bits per heavy atom. The predicted molar refractivity (Wildman–Crippen MR) is 55.8 cm³/mol. The zero-order valence-electron chi connectivity index (χ0n) is 9.10. The van der Waals surface area contributed by atoms with Crippen molar-refractivity contribution in [1.29, 1.82) is 0 Å². The number of fused-ring (bicyclic) bond motifs is 1. The minimum atomic E-state index is -0.796. The van der Waals surface area contributed by atoms with Gasteiger partial charge in [0.2, 0.25) is 0 Å². The summed E-state index contributed by atoms with van der Waals surface area (Å²) < 4.78 is 2.10. The molecule has 0 aromatic carbocycles. The average Bonchev–Trinajstić information content (AvgIpc) is 2.59. The minimum absolute atomic E-state index is 0.491. The van der Waals surface area contributed by atoms with Crippen LogP contribution in [0.4, 0.5) is 0 Å². The standard InChI is InChI=1S/C11H16N2O2/c1-7-3-4-9-10(8(2)11(14)15)12-6-13(9)5-7/h6-8H,3-5H2,1-2H3,(H,14,15). The summed E-state index contributed by atoms with van der Waals surface area (Å²) in [6.45, 7) is 4.88. The molecule has 0 bridgehead atoms. The van der Waals surface area contributed by atoms with Crippen molar-refractivity contribution in [3.8, 4) is 0 Å². The molecule has 0 aliphatic carbocycles. The summed E-state index contributed by atoms with van der Waals surface area (Å²) in [6.07, 6.45) is 3.86. The lowest BCUT2D eigenvalue weighted by atomic mass is 9.96. The number of carboxylic acids is 1. The van der Waals surface area contributed by atoms with Gasteiger partial charge in [0.1, 0.15) is 0 Å². The second-order valence-electron chi connectivity index (χ2n) is 4.43. The molecule has 4 heteroatoms. The van der Waals surface area contributed by atoms with E-state index in [1.807, 2.05) is 0 Å². The molecule has 0 saturated heterocycles. The number of hydrogen-bond donors (Lipinski definition) is 1. The summed E-state index contributed by atoms with van der Waals surface area (Å²) in [7, 11) is 0. The maximum absolute atomic E-state index is 10.9. The van der Waals surface area contributed by atoms with Crippen molar-refractivity contribution in [2.24, 2.45) is 5.92 Å². The van der Waals surface area contributed by atoms with Crippen LogP contribution in [0, 0.1) is 5.92 Å². The Labute approximate surface area is 88.9 Å². The van der Waals surface area contributed by atoms with Crippen LogP contribution < -0.4 is 0 Å². The smallest absolute Gasteiger partial charge is 0.312 e. The molecule has 0 spiro atoms. The minimum Gasteiger partial charge on any atom is -0.481 e. The molecule has 2 atom stereocenters. The van der Waals surface area contributed by atoms with Crippen LogP contribution in [0.15, 0.2) is 6.33 Å². The maximum atomic E-state index is 10.9. The van der Waals surface area contributed by atoms with Crippen LogP contribution in [0.25, 0.3) is 0 Å². The van der Waals surface area contributed by atoms with E-state index >= 15 is 0 Å². The number of imidazole rings is 1. The largest absolute Gasteiger partial charge is 0.481 e. The summed E-state index contributed by atoms with van der Waals surface area (Å²) >= 11 is 0. The van der Waals surface area contributed by atoms with Crippen molar-refractivity contribution in [3.05, 3.63) is 17.7 Å². The van der Waals surface area contributed by atoms with Crippen molar-refractivity contribution in [2.45, 2.75) is 39.2 Å². The number of rotatable bonds is 2. The zero-order valence-corrected chi connectivity index (χ0v) is 9.10. The highest BCUT2D eigenvalue weighted by Gasteiger charge is 2.25. The molecule has 2 rings (SSSR count). The molecule has 4 nitrogen and oxygen atoms in total. The van der Waals surface area contributed by atoms with E-state index in [1.54, 1.807) is 13.3 Å². The number of aromatic nitrogens is 2. The van der Waals surface area contributed by atoms with Gasteiger partial charge in [-0.15, -0.1) is 0 Å². The molecule has 1 aromatic heterocycles. The van der Waals surface area contributed by atoms with Gasteiger partial charge in [-0.25, -0.2) is 4.98 Å². The average molecular weight is 208 g/mol. The molecule has 2 heterocycles. The topological polar surface area (TPSA) is 55.1 Å². The predicted octanol–water partition coefficient (Wildman–Crippen LogP) is 1.65. The Bertz CT molecular complexity index is 384. The Morgan fingerprint density at radius 3 is 3.13 bits per heavy atom. The van der Waals surface area contributed by atoms with Crippen LogP contribution in [0.1, 0.15) is 37.6 Å². The molecule has 0 fully saturated rings. The first-order chi connectivity index (χ1) is 7.09. The lowest BCUT2D eigenvalue weighted by Gasteiger charge is -2.21. The summed E-state index contributed by atoms with van der Waals surface area (Å²) in [5.41, 5.74) is 1.86. The number of aliphatic carboxylic acids is 1. The molecule has 1 aliphatic rings. The van der Waals surface area contributed by atoms with Gasteiger partial charge < -0.3 is 9.67 Å². The SMILES string of the molecule is CC1CCc2c(C(C)C(=O)O)ncn2C1. The van der Waals surface area contributed by atoms with Gasteiger partial charge in [-0.2, -0.15) is 0 Å². The van der Waals surface area contributed by atoms with Gasteiger partial charge >= 0.3 is 5.97 Å². The fraction of sp³-hybridized carbons (Fsp3) is 0.636. The fourth-order valence-electron chi connectivity index (χ4n) is 2.14. The molecule has 0 saturated carbocycles. The highest BCUT2D eigenvalue weighted by atomic mass is 16.4. The van der Waals surface area contributed by atoms with Gasteiger partial charge in [0, 0.05) is 12.2 Å². The second kappa shape index (κ2) is 3.68. The number of nitrogens with zero attached hydrogens (tertiary/aromatic N) is 2. The fourth-order valence-corrected chi connectivity index (χ4v) is 2.14. The third kappa shape index (κ3) is 1.76. The van der Waals surface area contributed by atoms with Crippen molar-refractivity contribution in [2.75, 3.05) is 0 Å². The lowest BCUT2D eigenvalue weighted by Crippen LogP contribution is -2.19. The van der Waals surface area contributed by atoms with E-state index < -0.39 is 11.9 Å². The molecule has 2 unspecified atom stereocenters.